The highest BCUT2D eigenvalue weighted by Crippen LogP contribution is 2.23. The average molecular weight is 413 g/mol. The van der Waals surface area contributed by atoms with Crippen LogP contribution in [0.3, 0.4) is 0 Å². The van der Waals surface area contributed by atoms with Crippen LogP contribution in [0.15, 0.2) is 72.9 Å². The zero-order valence-corrected chi connectivity index (χ0v) is 17.8. The summed E-state index contributed by atoms with van der Waals surface area (Å²) in [4.78, 5) is 20.3. The summed E-state index contributed by atoms with van der Waals surface area (Å²) >= 11 is 0. The number of nitrogens with zero attached hydrogens (tertiary/aromatic N) is 1. The Balaban J connectivity index is 1.22. The molecule has 5 nitrogen and oxygen atoms in total. The van der Waals surface area contributed by atoms with E-state index in [9.17, 15) is 4.79 Å². The molecule has 3 aromatic carbocycles. The van der Waals surface area contributed by atoms with E-state index in [2.05, 4.69) is 63.1 Å². The number of carbonyl (C=O) groups is 1. The molecule has 0 fully saturated rings. The normalized spacial score (nSPS) is 10.9. The largest absolute Gasteiger partial charge is 0.387 e. The fraction of sp³-hybridized carbons (Fsp3) is 0.231. The molecule has 1 heterocycles. The second kappa shape index (κ2) is 9.94. The Morgan fingerprint density at radius 1 is 0.935 bits per heavy atom. The zero-order valence-electron chi connectivity index (χ0n) is 17.8. The smallest absolute Gasteiger partial charge is 0.253 e. The van der Waals surface area contributed by atoms with Crippen molar-refractivity contribution in [3.05, 3.63) is 84.3 Å². The Bertz CT molecular complexity index is 1160. The Morgan fingerprint density at radius 2 is 1.74 bits per heavy atom. The molecule has 3 N–H and O–H groups in total. The van der Waals surface area contributed by atoms with Crippen molar-refractivity contribution in [3.63, 3.8) is 0 Å². The Kier molecular flexibility index (Phi) is 6.62. The lowest BCUT2D eigenvalue weighted by Crippen LogP contribution is -2.25. The van der Waals surface area contributed by atoms with Crippen LogP contribution >= 0.6 is 0 Å². The summed E-state index contributed by atoms with van der Waals surface area (Å²) in [6, 6.07) is 22.4. The standard InChI is InChI=1S/C26H28N4O/c1-27-23-12-7-6-11-22(23)26(31)28-16-8-2-3-13-25-29-18-24(30-25)21-15-14-19-9-4-5-10-20(19)17-21/h4-7,9-12,14-15,17-18,27H,2-3,8,13,16H2,1H3,(H,28,31)(H,29,30). The van der Waals surface area contributed by atoms with Gasteiger partial charge in [-0.15, -0.1) is 0 Å². The maximum Gasteiger partial charge on any atom is 0.253 e. The summed E-state index contributed by atoms with van der Waals surface area (Å²) in [6.45, 7) is 0.678. The van der Waals surface area contributed by atoms with Crippen molar-refractivity contribution in [1.82, 2.24) is 15.3 Å². The summed E-state index contributed by atoms with van der Waals surface area (Å²) in [7, 11) is 1.83. The van der Waals surface area contributed by atoms with Crippen molar-refractivity contribution in [3.8, 4) is 11.3 Å². The van der Waals surface area contributed by atoms with Gasteiger partial charge in [0, 0.05) is 31.3 Å². The SMILES string of the molecule is CNc1ccccc1C(=O)NCCCCCc1ncc(-c2ccc3ccccc3c2)[nH]1. The molecule has 4 rings (SSSR count). The number of benzene rings is 3. The molecule has 0 aliphatic carbocycles. The van der Waals surface area contributed by atoms with Gasteiger partial charge < -0.3 is 15.6 Å². The maximum atomic E-state index is 12.3. The molecule has 0 aliphatic rings. The molecule has 0 unspecified atom stereocenters. The van der Waals surface area contributed by atoms with Crippen LogP contribution in [0.5, 0.6) is 0 Å². The highest BCUT2D eigenvalue weighted by molar-refractivity contribution is 5.99. The van der Waals surface area contributed by atoms with Crippen LogP contribution in [0, 0.1) is 0 Å². The first-order valence-corrected chi connectivity index (χ1v) is 10.8. The predicted octanol–water partition coefficient (Wildman–Crippen LogP) is 5.41. The van der Waals surface area contributed by atoms with Crippen molar-refractivity contribution in [2.45, 2.75) is 25.7 Å². The molecule has 4 aromatic rings. The fourth-order valence-corrected chi connectivity index (χ4v) is 3.78. The number of H-pyrrole nitrogens is 1. The van der Waals surface area contributed by atoms with Gasteiger partial charge in [0.1, 0.15) is 5.82 Å². The molecule has 5 heteroatoms. The van der Waals surface area contributed by atoms with Gasteiger partial charge >= 0.3 is 0 Å². The molecular weight excluding hydrogens is 384 g/mol. The molecule has 0 radical (unpaired) electrons. The highest BCUT2D eigenvalue weighted by atomic mass is 16.1. The molecule has 31 heavy (non-hydrogen) atoms. The summed E-state index contributed by atoms with van der Waals surface area (Å²) in [5.74, 6) is 0.978. The molecule has 0 aliphatic heterocycles. The average Bonchev–Trinajstić information content (AvgIpc) is 3.29. The van der Waals surface area contributed by atoms with Gasteiger partial charge in [-0.2, -0.15) is 0 Å². The predicted molar refractivity (Wildman–Crippen MR) is 127 cm³/mol. The minimum absolute atomic E-state index is 0.0315. The quantitative estimate of drug-likeness (QED) is 0.322. The van der Waals surface area contributed by atoms with Crippen LogP contribution in [0.25, 0.3) is 22.0 Å². The van der Waals surface area contributed by atoms with E-state index in [-0.39, 0.29) is 5.91 Å². The lowest BCUT2D eigenvalue weighted by atomic mass is 10.1. The number of nitrogens with one attached hydrogen (secondary N) is 3. The van der Waals surface area contributed by atoms with Crippen LogP contribution in [-0.2, 0) is 6.42 Å². The number of carbonyl (C=O) groups excluding carboxylic acids is 1. The number of hydrogen-bond acceptors (Lipinski definition) is 3. The fourth-order valence-electron chi connectivity index (χ4n) is 3.78. The third kappa shape index (κ3) is 5.12. The van der Waals surface area contributed by atoms with Gasteiger partial charge in [-0.1, -0.05) is 55.0 Å². The summed E-state index contributed by atoms with van der Waals surface area (Å²) < 4.78 is 0. The third-order valence-corrected chi connectivity index (χ3v) is 5.51. The van der Waals surface area contributed by atoms with Gasteiger partial charge in [-0.05, 0) is 41.8 Å². The monoisotopic (exact) mass is 412 g/mol. The minimum Gasteiger partial charge on any atom is -0.387 e. The van der Waals surface area contributed by atoms with Crippen molar-refractivity contribution in [2.24, 2.45) is 0 Å². The second-order valence-corrected chi connectivity index (χ2v) is 7.67. The Morgan fingerprint density at radius 3 is 2.61 bits per heavy atom. The van der Waals surface area contributed by atoms with Gasteiger partial charge in [-0.3, -0.25) is 4.79 Å². The maximum absolute atomic E-state index is 12.3. The molecule has 0 saturated heterocycles. The number of aromatic nitrogens is 2. The number of para-hydroxylation sites is 1. The third-order valence-electron chi connectivity index (χ3n) is 5.51. The van der Waals surface area contributed by atoms with E-state index in [0.29, 0.717) is 12.1 Å². The topological polar surface area (TPSA) is 69.8 Å². The molecule has 0 bridgehead atoms. The molecular formula is C26H28N4O. The Labute approximate surface area is 182 Å². The van der Waals surface area contributed by atoms with Gasteiger partial charge in [0.2, 0.25) is 0 Å². The summed E-state index contributed by atoms with van der Waals surface area (Å²) in [5.41, 5.74) is 3.74. The number of hydrogen-bond donors (Lipinski definition) is 3. The molecule has 1 aromatic heterocycles. The van der Waals surface area contributed by atoms with Gasteiger partial charge in [0.15, 0.2) is 0 Å². The van der Waals surface area contributed by atoms with Gasteiger partial charge in [-0.25, -0.2) is 4.98 Å². The lowest BCUT2D eigenvalue weighted by Gasteiger charge is -2.09. The van der Waals surface area contributed by atoms with E-state index in [1.165, 1.54) is 10.8 Å². The van der Waals surface area contributed by atoms with Crippen LogP contribution in [0.1, 0.15) is 35.4 Å². The van der Waals surface area contributed by atoms with Gasteiger partial charge in [0.25, 0.3) is 5.91 Å². The first-order chi connectivity index (χ1) is 15.2. The van der Waals surface area contributed by atoms with E-state index in [0.717, 1.165) is 48.5 Å². The number of fused-ring (bicyclic) bond motifs is 1. The molecule has 0 spiro atoms. The second-order valence-electron chi connectivity index (χ2n) is 7.67. The van der Waals surface area contributed by atoms with E-state index in [1.807, 2.05) is 37.5 Å². The number of imidazole rings is 1. The number of anilines is 1. The van der Waals surface area contributed by atoms with Crippen molar-refractivity contribution in [1.29, 1.82) is 0 Å². The van der Waals surface area contributed by atoms with Crippen LogP contribution < -0.4 is 10.6 Å². The number of rotatable bonds is 9. The summed E-state index contributed by atoms with van der Waals surface area (Å²) in [5, 5.41) is 8.54. The molecule has 0 saturated carbocycles. The number of aromatic amines is 1. The number of aryl methyl sites for hydroxylation is 1. The first kappa shape index (κ1) is 20.7. The Hall–Kier alpha value is -3.60. The van der Waals surface area contributed by atoms with Crippen LogP contribution in [-0.4, -0.2) is 29.5 Å². The van der Waals surface area contributed by atoms with Crippen LogP contribution in [0.4, 0.5) is 5.69 Å². The molecule has 1 amide bonds. The number of unbranched alkanes of at least 4 members (excludes halogenated alkanes) is 2. The summed E-state index contributed by atoms with van der Waals surface area (Å²) in [6.07, 6.45) is 5.85. The lowest BCUT2D eigenvalue weighted by molar-refractivity contribution is 0.0953. The van der Waals surface area contributed by atoms with E-state index < -0.39 is 0 Å². The number of amides is 1. The first-order valence-electron chi connectivity index (χ1n) is 10.8. The van der Waals surface area contributed by atoms with E-state index >= 15 is 0 Å². The molecule has 158 valence electrons. The van der Waals surface area contributed by atoms with Gasteiger partial charge in [0.05, 0.1) is 17.5 Å². The van der Waals surface area contributed by atoms with Crippen LogP contribution in [0.2, 0.25) is 0 Å². The van der Waals surface area contributed by atoms with E-state index in [1.54, 1.807) is 0 Å². The van der Waals surface area contributed by atoms with Crippen molar-refractivity contribution in [2.75, 3.05) is 18.9 Å². The zero-order chi connectivity index (χ0) is 21.5. The minimum atomic E-state index is -0.0315. The van der Waals surface area contributed by atoms with E-state index in [4.69, 9.17) is 0 Å². The van der Waals surface area contributed by atoms with Crippen molar-refractivity contribution >= 4 is 22.4 Å². The molecule has 0 atom stereocenters. The highest BCUT2D eigenvalue weighted by Gasteiger charge is 2.09. The van der Waals surface area contributed by atoms with Crippen molar-refractivity contribution < 1.29 is 4.79 Å².